The second-order valence-corrected chi connectivity index (χ2v) is 7.20. The van der Waals surface area contributed by atoms with Crippen molar-refractivity contribution in [2.45, 2.75) is 13.0 Å². The van der Waals surface area contributed by atoms with Crippen molar-refractivity contribution in [1.29, 1.82) is 0 Å². The number of nitrogens with one attached hydrogen (secondary N) is 1. The number of amides is 1. The molecule has 156 valence electrons. The first-order valence-electron chi connectivity index (χ1n) is 9.19. The summed E-state index contributed by atoms with van der Waals surface area (Å²) >= 11 is 4.95. The van der Waals surface area contributed by atoms with Gasteiger partial charge in [-0.05, 0) is 30.4 Å². The Balaban J connectivity index is 1.45. The average Bonchev–Trinajstić information content (AvgIpc) is 3.48. The smallest absolute Gasteiger partial charge is 0.256 e. The van der Waals surface area contributed by atoms with E-state index in [9.17, 15) is 9.18 Å². The topological polar surface area (TPSA) is 103 Å². The first-order chi connectivity index (χ1) is 14.5. The van der Waals surface area contributed by atoms with E-state index in [0.717, 1.165) is 0 Å². The van der Waals surface area contributed by atoms with Gasteiger partial charge in [0, 0.05) is 31.1 Å². The van der Waals surface area contributed by atoms with Crippen molar-refractivity contribution in [3.05, 3.63) is 48.6 Å². The number of aromatic nitrogens is 6. The van der Waals surface area contributed by atoms with E-state index in [4.69, 9.17) is 17.0 Å². The van der Waals surface area contributed by atoms with Crippen LogP contribution in [0.3, 0.4) is 0 Å². The number of benzene rings is 1. The van der Waals surface area contributed by atoms with Gasteiger partial charge in [-0.25, -0.2) is 18.7 Å². The third kappa shape index (κ3) is 4.27. The number of hydrogen-bond acceptors (Lipinski definition) is 7. The van der Waals surface area contributed by atoms with Gasteiger partial charge in [0.1, 0.15) is 24.0 Å². The second-order valence-electron chi connectivity index (χ2n) is 6.83. The Bertz CT molecular complexity index is 1050. The summed E-state index contributed by atoms with van der Waals surface area (Å²) in [6.45, 7) is 1.37. The highest BCUT2D eigenvalue weighted by atomic mass is 32.1. The largest absolute Gasteiger partial charge is 0.474 e. The lowest BCUT2D eigenvalue weighted by molar-refractivity contribution is -0.117. The molecular weight excluding hydrogens is 411 g/mol. The first-order valence-corrected chi connectivity index (χ1v) is 9.60. The number of thiocarbonyl (C=S) groups is 1. The van der Waals surface area contributed by atoms with Gasteiger partial charge in [0.05, 0.1) is 19.9 Å². The van der Waals surface area contributed by atoms with E-state index in [2.05, 4.69) is 25.7 Å². The quantitative estimate of drug-likeness (QED) is 0.576. The molecule has 0 saturated carbocycles. The summed E-state index contributed by atoms with van der Waals surface area (Å²) in [6, 6.07) is 4.61. The highest BCUT2D eigenvalue weighted by Crippen LogP contribution is 2.27. The van der Waals surface area contributed by atoms with Gasteiger partial charge in [0.2, 0.25) is 5.91 Å². The Morgan fingerprint density at radius 1 is 1.43 bits per heavy atom. The fourth-order valence-corrected chi connectivity index (χ4v) is 3.37. The highest BCUT2D eigenvalue weighted by molar-refractivity contribution is 7.80. The number of carbonyl (C=O) groups excluding carboxylic acids is 1. The Morgan fingerprint density at radius 2 is 2.30 bits per heavy atom. The predicted octanol–water partition coefficient (Wildman–Crippen LogP) is 0.920. The zero-order chi connectivity index (χ0) is 21.1. The molecule has 30 heavy (non-hydrogen) atoms. The van der Waals surface area contributed by atoms with Crippen LogP contribution in [-0.4, -0.2) is 61.0 Å². The number of halogens is 1. The lowest BCUT2D eigenvalue weighted by Crippen LogP contribution is -2.31. The molecule has 3 heterocycles. The molecule has 3 aromatic rings. The molecule has 1 N–H and O–H groups in total. The number of nitrogens with zero attached hydrogens (tertiary/aromatic N) is 7. The van der Waals surface area contributed by atoms with Crippen molar-refractivity contribution >= 4 is 29.0 Å². The van der Waals surface area contributed by atoms with Crippen LogP contribution < -0.4 is 10.2 Å². The van der Waals surface area contributed by atoms with Crippen molar-refractivity contribution in [1.82, 2.24) is 35.1 Å². The van der Waals surface area contributed by atoms with Gasteiger partial charge in [0.25, 0.3) is 5.17 Å². The Hall–Kier alpha value is -3.41. The zero-order valence-corrected chi connectivity index (χ0v) is 16.9. The van der Waals surface area contributed by atoms with Crippen LogP contribution in [0.5, 0.6) is 0 Å². The molecule has 1 aliphatic heterocycles. The van der Waals surface area contributed by atoms with Crippen molar-refractivity contribution in [2.75, 3.05) is 25.1 Å². The van der Waals surface area contributed by atoms with E-state index < -0.39 is 5.82 Å². The average molecular weight is 430 g/mol. The van der Waals surface area contributed by atoms with E-state index in [-0.39, 0.29) is 22.7 Å². The molecule has 0 bridgehead atoms. The number of methoxy groups -OCH3 is 1. The van der Waals surface area contributed by atoms with Gasteiger partial charge in [-0.3, -0.25) is 4.79 Å². The zero-order valence-electron chi connectivity index (χ0n) is 16.1. The molecule has 0 radical (unpaired) electrons. The second kappa shape index (κ2) is 8.53. The normalized spacial score (nSPS) is 16.1. The molecule has 1 saturated heterocycles. The molecule has 1 atom stereocenters. The maximum absolute atomic E-state index is 14.8. The molecule has 12 heteroatoms. The molecule has 0 spiro atoms. The minimum Gasteiger partial charge on any atom is -0.474 e. The van der Waals surface area contributed by atoms with Gasteiger partial charge in [-0.2, -0.15) is 5.10 Å². The van der Waals surface area contributed by atoms with Crippen molar-refractivity contribution in [3.8, 4) is 5.69 Å². The van der Waals surface area contributed by atoms with Crippen LogP contribution in [0.15, 0.2) is 37.1 Å². The number of ether oxygens (including phenoxy) is 1. The fraction of sp³-hybridized carbons (Fsp3) is 0.333. The van der Waals surface area contributed by atoms with Gasteiger partial charge < -0.3 is 15.0 Å². The summed E-state index contributed by atoms with van der Waals surface area (Å²) in [6.07, 6.45) is 4.97. The maximum atomic E-state index is 14.8. The summed E-state index contributed by atoms with van der Waals surface area (Å²) in [7, 11) is 1.48. The van der Waals surface area contributed by atoms with Crippen LogP contribution in [0.1, 0.15) is 12.1 Å². The lowest BCUT2D eigenvalue weighted by Gasteiger charge is -2.18. The molecule has 2 aromatic heterocycles. The highest BCUT2D eigenvalue weighted by Gasteiger charge is 2.31. The van der Waals surface area contributed by atoms with E-state index in [1.54, 1.807) is 34.2 Å². The van der Waals surface area contributed by atoms with E-state index in [1.807, 2.05) is 0 Å². The third-order valence-corrected chi connectivity index (χ3v) is 5.06. The minimum atomic E-state index is -0.500. The summed E-state index contributed by atoms with van der Waals surface area (Å²) in [5, 5.41) is 15.3. The summed E-state index contributed by atoms with van der Waals surface area (Å²) in [5.41, 5.74) is 1.36. The number of hydrogen-bond donors (Lipinski definition) is 1. The van der Waals surface area contributed by atoms with Crippen LogP contribution in [0.25, 0.3) is 5.69 Å². The van der Waals surface area contributed by atoms with Gasteiger partial charge in [-0.15, -0.1) is 5.10 Å². The number of carbonyl (C=O) groups is 1. The summed E-state index contributed by atoms with van der Waals surface area (Å²) in [4.78, 5) is 17.8. The molecular formula is C18H19FN8O2S. The molecule has 1 aliphatic rings. The van der Waals surface area contributed by atoms with Gasteiger partial charge >= 0.3 is 0 Å². The van der Waals surface area contributed by atoms with Crippen LogP contribution >= 0.6 is 12.2 Å². The third-order valence-electron chi connectivity index (χ3n) is 4.75. The fourth-order valence-electron chi connectivity index (χ4n) is 3.29. The molecule has 1 fully saturated rings. The van der Waals surface area contributed by atoms with Gasteiger partial charge in [-0.1, -0.05) is 5.21 Å². The van der Waals surface area contributed by atoms with Crippen molar-refractivity contribution in [2.24, 2.45) is 5.92 Å². The predicted molar refractivity (Wildman–Crippen MR) is 109 cm³/mol. The first kappa shape index (κ1) is 19.9. The van der Waals surface area contributed by atoms with Crippen LogP contribution in [0.2, 0.25) is 0 Å². The standard InChI is InChI=1S/C18H19FN8O2S/c1-29-18(30)21-6-12-4-17(28)26(7-12)14-2-3-16(15(19)5-14)27-9-13(23-24-27)8-25-11-20-10-22-25/h2-3,5,9-12H,4,6-8H2,1H3,(H,21,30)/t12-/m0/s1. The summed E-state index contributed by atoms with van der Waals surface area (Å²) < 4.78 is 22.7. The van der Waals surface area contributed by atoms with Crippen molar-refractivity contribution < 1.29 is 13.9 Å². The molecule has 1 aromatic carbocycles. The van der Waals surface area contributed by atoms with E-state index >= 15 is 0 Å². The van der Waals surface area contributed by atoms with Crippen LogP contribution in [0.4, 0.5) is 10.1 Å². The summed E-state index contributed by atoms with van der Waals surface area (Å²) in [5.74, 6) is -0.504. The Labute approximate surface area is 176 Å². The molecule has 0 unspecified atom stereocenters. The van der Waals surface area contributed by atoms with Crippen molar-refractivity contribution in [3.63, 3.8) is 0 Å². The SMILES string of the molecule is COC(=S)NC[C@@H]1CC(=O)N(c2ccc(-n3cc(Cn4cncn4)nn3)c(F)c2)C1. The maximum Gasteiger partial charge on any atom is 0.256 e. The van der Waals surface area contributed by atoms with Crippen LogP contribution in [0, 0.1) is 11.7 Å². The minimum absolute atomic E-state index is 0.0583. The molecule has 0 aliphatic carbocycles. The van der Waals surface area contributed by atoms with E-state index in [1.165, 1.54) is 24.2 Å². The molecule has 1 amide bonds. The Morgan fingerprint density at radius 3 is 3.03 bits per heavy atom. The molecule has 10 nitrogen and oxygen atoms in total. The lowest BCUT2D eigenvalue weighted by atomic mass is 10.1. The molecule has 4 rings (SSSR count). The number of rotatable bonds is 6. The van der Waals surface area contributed by atoms with Gasteiger partial charge in [0.15, 0.2) is 5.82 Å². The monoisotopic (exact) mass is 430 g/mol. The van der Waals surface area contributed by atoms with Crippen LogP contribution in [-0.2, 0) is 16.1 Å². The Kier molecular flexibility index (Phi) is 5.65. The number of anilines is 1. The van der Waals surface area contributed by atoms with E-state index in [0.29, 0.717) is 37.4 Å².